The summed E-state index contributed by atoms with van der Waals surface area (Å²) in [5.74, 6) is -2.01. The molecule has 0 heterocycles. The molecule has 0 aromatic carbocycles. The molecular weight excluding hydrogens is 208 g/mol. The third-order valence-electron chi connectivity index (χ3n) is 1.76. The summed E-state index contributed by atoms with van der Waals surface area (Å²) in [5.41, 5.74) is -0.0355. The number of aliphatic hydroxyl groups is 2. The fourth-order valence-electron chi connectivity index (χ4n) is 1.13. The van der Waals surface area contributed by atoms with Crippen molar-refractivity contribution in [3.05, 3.63) is 22.4 Å². The van der Waals surface area contributed by atoms with Crippen molar-refractivity contribution in [2.75, 3.05) is 0 Å². The van der Waals surface area contributed by atoms with Gasteiger partial charge in [-0.25, -0.2) is 0 Å². The van der Waals surface area contributed by atoms with Gasteiger partial charge in [0.25, 0.3) is 0 Å². The van der Waals surface area contributed by atoms with Crippen molar-refractivity contribution in [3.63, 3.8) is 0 Å². The number of rotatable bonds is 2. The normalized spacial score (nSPS) is 19.8. The maximum Gasteiger partial charge on any atom is 0.230 e. The lowest BCUT2D eigenvalue weighted by Crippen LogP contribution is -2.22. The number of aliphatic hydroxyl groups excluding tert-OH is 2. The monoisotopic (exact) mass is 216 g/mol. The van der Waals surface area contributed by atoms with Crippen LogP contribution in [0.4, 0.5) is 0 Å². The predicted octanol–water partition coefficient (Wildman–Crippen LogP) is 0.844. The second-order valence-corrected chi connectivity index (χ2v) is 3.45. The molecule has 76 valence electrons. The van der Waals surface area contributed by atoms with E-state index in [4.69, 9.17) is 21.8 Å². The minimum atomic E-state index is -0.817. The first-order valence-corrected chi connectivity index (χ1v) is 4.37. The van der Waals surface area contributed by atoms with Gasteiger partial charge in [-0.1, -0.05) is 11.6 Å². The average Bonchev–Trinajstić information content (AvgIpc) is 2.09. The number of Topliss-reactive ketones (excluding diaryl/α,β-unsaturated/α-hetero) is 1. The van der Waals surface area contributed by atoms with Gasteiger partial charge in [0, 0.05) is 18.1 Å². The van der Waals surface area contributed by atoms with Gasteiger partial charge in [0.05, 0.1) is 11.1 Å². The summed E-state index contributed by atoms with van der Waals surface area (Å²) in [4.78, 5) is 22.2. The Kier molecular flexibility index (Phi) is 3.08. The Morgan fingerprint density at radius 3 is 2.57 bits per heavy atom. The maximum absolute atomic E-state index is 11.3. The molecule has 0 aromatic heterocycles. The zero-order chi connectivity index (χ0) is 10.9. The first-order chi connectivity index (χ1) is 6.43. The van der Waals surface area contributed by atoms with Gasteiger partial charge < -0.3 is 10.2 Å². The van der Waals surface area contributed by atoms with Crippen LogP contribution in [0.25, 0.3) is 0 Å². The molecule has 0 aromatic rings. The average molecular weight is 217 g/mol. The molecule has 0 aliphatic heterocycles. The SMILES string of the molecule is C[C@@H](O)CC1=C(Cl)C(O)=CC(=O)C1=O. The highest BCUT2D eigenvalue weighted by atomic mass is 35.5. The van der Waals surface area contributed by atoms with E-state index < -0.39 is 23.4 Å². The van der Waals surface area contributed by atoms with Crippen LogP contribution in [0, 0.1) is 0 Å². The Labute approximate surface area is 85.5 Å². The molecule has 0 amide bonds. The summed E-state index contributed by atoms with van der Waals surface area (Å²) in [5, 5.41) is 18.1. The molecule has 14 heavy (non-hydrogen) atoms. The summed E-state index contributed by atoms with van der Waals surface area (Å²) in [7, 11) is 0. The van der Waals surface area contributed by atoms with E-state index in [0.29, 0.717) is 0 Å². The molecule has 0 radical (unpaired) electrons. The summed E-state index contributed by atoms with van der Waals surface area (Å²) >= 11 is 5.61. The minimum Gasteiger partial charge on any atom is -0.506 e. The van der Waals surface area contributed by atoms with Gasteiger partial charge in [-0.15, -0.1) is 0 Å². The Hall–Kier alpha value is -1.13. The number of carbonyl (C=O) groups excluding carboxylic acids is 2. The van der Waals surface area contributed by atoms with Crippen LogP contribution in [0.15, 0.2) is 22.4 Å². The zero-order valence-electron chi connectivity index (χ0n) is 7.45. The van der Waals surface area contributed by atoms with Crippen LogP contribution in [0.1, 0.15) is 13.3 Å². The van der Waals surface area contributed by atoms with E-state index in [-0.39, 0.29) is 17.0 Å². The molecule has 0 spiro atoms. The number of ketones is 2. The third-order valence-corrected chi connectivity index (χ3v) is 2.18. The molecule has 4 nitrogen and oxygen atoms in total. The molecule has 0 fully saturated rings. The molecule has 0 unspecified atom stereocenters. The van der Waals surface area contributed by atoms with Crippen molar-refractivity contribution >= 4 is 23.2 Å². The number of halogens is 1. The fourth-order valence-corrected chi connectivity index (χ4v) is 1.35. The topological polar surface area (TPSA) is 74.6 Å². The Bertz CT molecular complexity index is 352. The highest BCUT2D eigenvalue weighted by molar-refractivity contribution is 6.51. The number of allylic oxidation sites excluding steroid dienone is 2. The maximum atomic E-state index is 11.3. The second kappa shape index (κ2) is 3.94. The molecule has 0 saturated heterocycles. The molecule has 2 N–H and O–H groups in total. The van der Waals surface area contributed by atoms with Crippen molar-refractivity contribution in [3.8, 4) is 0 Å². The predicted molar refractivity (Wildman–Crippen MR) is 49.9 cm³/mol. The van der Waals surface area contributed by atoms with E-state index in [1.54, 1.807) is 0 Å². The Morgan fingerprint density at radius 1 is 1.50 bits per heavy atom. The molecular formula is C9H9ClO4. The molecule has 1 aliphatic carbocycles. The standard InChI is InChI=1S/C9H9ClO4/c1-4(11)2-5-8(10)6(12)3-7(13)9(5)14/h3-4,11-12H,2H2,1H3/t4-/m1/s1. The first-order valence-electron chi connectivity index (χ1n) is 4.00. The summed E-state index contributed by atoms with van der Waals surface area (Å²) in [6.07, 6.45) is -0.0567. The molecule has 0 saturated carbocycles. The van der Waals surface area contributed by atoms with Gasteiger partial charge >= 0.3 is 0 Å². The van der Waals surface area contributed by atoms with Crippen LogP contribution in [0.2, 0.25) is 0 Å². The lowest BCUT2D eigenvalue weighted by Gasteiger charge is -2.13. The van der Waals surface area contributed by atoms with Crippen molar-refractivity contribution in [2.24, 2.45) is 0 Å². The number of carbonyl (C=O) groups is 2. The molecule has 1 rings (SSSR count). The van der Waals surface area contributed by atoms with E-state index in [0.717, 1.165) is 6.08 Å². The van der Waals surface area contributed by atoms with Gasteiger partial charge in [0.15, 0.2) is 0 Å². The van der Waals surface area contributed by atoms with E-state index in [1.807, 2.05) is 0 Å². The van der Waals surface area contributed by atoms with E-state index >= 15 is 0 Å². The Morgan fingerprint density at radius 2 is 2.07 bits per heavy atom. The molecule has 0 bridgehead atoms. The summed E-state index contributed by atoms with van der Waals surface area (Å²) < 4.78 is 0. The van der Waals surface area contributed by atoms with Crippen molar-refractivity contribution in [1.29, 1.82) is 0 Å². The van der Waals surface area contributed by atoms with Crippen LogP contribution in [0.5, 0.6) is 0 Å². The summed E-state index contributed by atoms with van der Waals surface area (Å²) in [6.45, 7) is 1.46. The summed E-state index contributed by atoms with van der Waals surface area (Å²) in [6, 6.07) is 0. The van der Waals surface area contributed by atoms with Crippen LogP contribution in [-0.2, 0) is 9.59 Å². The minimum absolute atomic E-state index is 0.0355. The molecule has 5 heteroatoms. The lowest BCUT2D eigenvalue weighted by molar-refractivity contribution is -0.132. The Balaban J connectivity index is 3.09. The van der Waals surface area contributed by atoms with Gasteiger partial charge in [0.1, 0.15) is 5.76 Å². The second-order valence-electron chi connectivity index (χ2n) is 3.07. The van der Waals surface area contributed by atoms with Crippen molar-refractivity contribution in [2.45, 2.75) is 19.4 Å². The van der Waals surface area contributed by atoms with Crippen molar-refractivity contribution in [1.82, 2.24) is 0 Å². The highest BCUT2D eigenvalue weighted by Gasteiger charge is 2.28. The van der Waals surface area contributed by atoms with E-state index in [9.17, 15) is 9.59 Å². The van der Waals surface area contributed by atoms with Crippen molar-refractivity contribution < 1.29 is 19.8 Å². The smallest absolute Gasteiger partial charge is 0.230 e. The van der Waals surface area contributed by atoms with E-state index in [2.05, 4.69) is 0 Å². The molecule has 1 aliphatic rings. The van der Waals surface area contributed by atoms with Gasteiger partial charge in [-0.3, -0.25) is 9.59 Å². The third kappa shape index (κ3) is 2.02. The number of hydrogen-bond acceptors (Lipinski definition) is 4. The first kappa shape index (κ1) is 10.9. The lowest BCUT2D eigenvalue weighted by atomic mass is 9.96. The van der Waals surface area contributed by atoms with Crippen LogP contribution >= 0.6 is 11.6 Å². The highest BCUT2D eigenvalue weighted by Crippen LogP contribution is 2.26. The van der Waals surface area contributed by atoms with Crippen LogP contribution < -0.4 is 0 Å². The fraction of sp³-hybridized carbons (Fsp3) is 0.333. The van der Waals surface area contributed by atoms with Gasteiger partial charge in [-0.2, -0.15) is 0 Å². The largest absolute Gasteiger partial charge is 0.506 e. The van der Waals surface area contributed by atoms with Gasteiger partial charge in [0.2, 0.25) is 11.6 Å². The zero-order valence-corrected chi connectivity index (χ0v) is 8.21. The van der Waals surface area contributed by atoms with Gasteiger partial charge in [-0.05, 0) is 6.92 Å². The quantitative estimate of drug-likeness (QED) is 0.530. The van der Waals surface area contributed by atoms with Crippen LogP contribution in [0.3, 0.4) is 0 Å². The number of hydrogen-bond donors (Lipinski definition) is 2. The van der Waals surface area contributed by atoms with E-state index in [1.165, 1.54) is 6.92 Å². The van der Waals surface area contributed by atoms with Crippen LogP contribution in [-0.4, -0.2) is 27.9 Å². The molecule has 1 atom stereocenters.